The number of aryl methyl sites for hydroxylation is 1. The number of thiophene rings is 1. The van der Waals surface area contributed by atoms with Crippen molar-refractivity contribution >= 4 is 17.2 Å². The molecule has 0 saturated carbocycles. The van der Waals surface area contributed by atoms with Crippen molar-refractivity contribution in [2.45, 2.75) is 39.7 Å². The van der Waals surface area contributed by atoms with Gasteiger partial charge in [-0.2, -0.15) is 5.26 Å². The number of nitrogens with zero attached hydrogens (tertiary/aromatic N) is 2. The molecule has 0 aliphatic heterocycles. The van der Waals surface area contributed by atoms with Gasteiger partial charge in [-0.3, -0.25) is 4.79 Å². The van der Waals surface area contributed by atoms with Crippen molar-refractivity contribution in [1.29, 1.82) is 5.26 Å². The van der Waals surface area contributed by atoms with Gasteiger partial charge in [0.05, 0.1) is 17.4 Å². The summed E-state index contributed by atoms with van der Waals surface area (Å²) in [7, 11) is 0. The Bertz CT molecular complexity index is 417. The van der Waals surface area contributed by atoms with Gasteiger partial charge in [-0.25, -0.2) is 0 Å². The predicted molar refractivity (Wildman–Crippen MR) is 70.1 cm³/mol. The lowest BCUT2D eigenvalue weighted by molar-refractivity contribution is 0.0714. The average molecular weight is 250 g/mol. The molecule has 0 aliphatic rings. The second kappa shape index (κ2) is 6.41. The summed E-state index contributed by atoms with van der Waals surface area (Å²) in [5.41, 5.74) is 1.10. The van der Waals surface area contributed by atoms with Gasteiger partial charge in [0, 0.05) is 12.6 Å². The molecule has 1 rings (SSSR count). The monoisotopic (exact) mass is 250 g/mol. The number of carbonyl (C=O) groups is 1. The van der Waals surface area contributed by atoms with Gasteiger partial charge >= 0.3 is 0 Å². The van der Waals surface area contributed by atoms with E-state index in [4.69, 9.17) is 5.26 Å². The first-order chi connectivity index (χ1) is 8.11. The first-order valence-corrected chi connectivity index (χ1v) is 6.74. The van der Waals surface area contributed by atoms with E-state index in [-0.39, 0.29) is 11.9 Å². The fraction of sp³-hybridized carbons (Fsp3) is 0.538. The third kappa shape index (κ3) is 3.31. The lowest BCUT2D eigenvalue weighted by Gasteiger charge is -2.25. The molecule has 0 spiro atoms. The summed E-state index contributed by atoms with van der Waals surface area (Å²) in [6.45, 7) is 6.52. The normalized spacial score (nSPS) is 10.3. The van der Waals surface area contributed by atoms with Crippen LogP contribution in [-0.2, 0) is 6.42 Å². The van der Waals surface area contributed by atoms with Crippen LogP contribution in [0.3, 0.4) is 0 Å². The predicted octanol–water partition coefficient (Wildman–Crippen LogP) is 3.07. The Morgan fingerprint density at radius 2 is 2.29 bits per heavy atom. The van der Waals surface area contributed by atoms with Crippen LogP contribution in [0.5, 0.6) is 0 Å². The van der Waals surface area contributed by atoms with Gasteiger partial charge in [-0.1, -0.05) is 6.92 Å². The zero-order valence-electron chi connectivity index (χ0n) is 10.6. The van der Waals surface area contributed by atoms with E-state index in [2.05, 4.69) is 6.07 Å². The van der Waals surface area contributed by atoms with Crippen LogP contribution >= 0.6 is 11.3 Å². The second-order valence-electron chi connectivity index (χ2n) is 4.13. The van der Waals surface area contributed by atoms with Crippen LogP contribution in [0, 0.1) is 11.3 Å². The first kappa shape index (κ1) is 13.7. The quantitative estimate of drug-likeness (QED) is 0.806. The molecule has 1 amide bonds. The Morgan fingerprint density at radius 1 is 1.59 bits per heavy atom. The van der Waals surface area contributed by atoms with Gasteiger partial charge in [-0.15, -0.1) is 11.3 Å². The third-order valence-corrected chi connectivity index (χ3v) is 3.62. The molecule has 17 heavy (non-hydrogen) atoms. The number of hydrogen-bond acceptors (Lipinski definition) is 3. The van der Waals surface area contributed by atoms with E-state index < -0.39 is 0 Å². The van der Waals surface area contributed by atoms with E-state index in [1.807, 2.05) is 32.2 Å². The Morgan fingerprint density at radius 3 is 2.82 bits per heavy atom. The van der Waals surface area contributed by atoms with Crippen molar-refractivity contribution in [1.82, 2.24) is 4.90 Å². The van der Waals surface area contributed by atoms with Crippen LogP contribution in [-0.4, -0.2) is 23.4 Å². The molecule has 0 aliphatic carbocycles. The molecular weight excluding hydrogens is 232 g/mol. The van der Waals surface area contributed by atoms with Crippen molar-refractivity contribution in [3.8, 4) is 6.07 Å². The molecule has 3 nitrogen and oxygen atoms in total. The molecule has 0 saturated heterocycles. The highest BCUT2D eigenvalue weighted by molar-refractivity contribution is 7.12. The van der Waals surface area contributed by atoms with Gasteiger partial charge in [0.25, 0.3) is 5.91 Å². The minimum atomic E-state index is 0.0575. The number of hydrogen-bond donors (Lipinski definition) is 0. The van der Waals surface area contributed by atoms with E-state index in [0.29, 0.717) is 13.0 Å². The summed E-state index contributed by atoms with van der Waals surface area (Å²) in [5, 5.41) is 10.6. The summed E-state index contributed by atoms with van der Waals surface area (Å²) < 4.78 is 0. The van der Waals surface area contributed by atoms with Gasteiger partial charge in [0.15, 0.2) is 0 Å². The van der Waals surface area contributed by atoms with Crippen molar-refractivity contribution in [3.63, 3.8) is 0 Å². The van der Waals surface area contributed by atoms with E-state index in [1.165, 1.54) is 11.3 Å². The standard InChI is InChI=1S/C13H18N2OS/c1-4-11-6-9-17-12(11)13(16)15(10(2)3)8-5-7-14/h6,9-10H,4-5,8H2,1-3H3. The smallest absolute Gasteiger partial charge is 0.264 e. The van der Waals surface area contributed by atoms with E-state index in [1.54, 1.807) is 4.90 Å². The molecule has 92 valence electrons. The highest BCUT2D eigenvalue weighted by Crippen LogP contribution is 2.20. The summed E-state index contributed by atoms with van der Waals surface area (Å²) in [6, 6.07) is 4.22. The van der Waals surface area contributed by atoms with Crippen molar-refractivity contribution in [2.75, 3.05) is 6.54 Å². The summed E-state index contributed by atoms with van der Waals surface area (Å²) >= 11 is 1.49. The molecule has 1 aromatic heterocycles. The number of amides is 1. The molecule has 0 unspecified atom stereocenters. The maximum Gasteiger partial charge on any atom is 0.264 e. The van der Waals surface area contributed by atoms with Crippen molar-refractivity contribution in [3.05, 3.63) is 21.9 Å². The van der Waals surface area contributed by atoms with Gasteiger partial charge in [-0.05, 0) is 37.3 Å². The van der Waals surface area contributed by atoms with Crippen LogP contribution in [0.25, 0.3) is 0 Å². The molecule has 1 heterocycles. The topological polar surface area (TPSA) is 44.1 Å². The lowest BCUT2D eigenvalue weighted by atomic mass is 10.1. The maximum absolute atomic E-state index is 12.4. The zero-order chi connectivity index (χ0) is 12.8. The van der Waals surface area contributed by atoms with Crippen LogP contribution in [0.4, 0.5) is 0 Å². The molecule has 0 atom stereocenters. The fourth-order valence-electron chi connectivity index (χ4n) is 1.70. The second-order valence-corrected chi connectivity index (χ2v) is 5.05. The lowest BCUT2D eigenvalue weighted by Crippen LogP contribution is -2.37. The maximum atomic E-state index is 12.4. The molecule has 0 radical (unpaired) electrons. The third-order valence-electron chi connectivity index (χ3n) is 2.67. The molecule has 0 N–H and O–H groups in total. The summed E-state index contributed by atoms with van der Waals surface area (Å²) in [5.74, 6) is 0.0575. The molecule has 0 aromatic carbocycles. The fourth-order valence-corrected chi connectivity index (χ4v) is 2.65. The van der Waals surface area contributed by atoms with Crippen LogP contribution in [0.1, 0.15) is 42.4 Å². The van der Waals surface area contributed by atoms with Crippen molar-refractivity contribution in [2.24, 2.45) is 0 Å². The SMILES string of the molecule is CCc1ccsc1C(=O)N(CCC#N)C(C)C. The minimum Gasteiger partial charge on any atom is -0.334 e. The van der Waals surface area contributed by atoms with Crippen LogP contribution in [0.15, 0.2) is 11.4 Å². The molecular formula is C13H18N2OS. The molecule has 0 fully saturated rings. The highest BCUT2D eigenvalue weighted by atomic mass is 32.1. The minimum absolute atomic E-state index is 0.0575. The van der Waals surface area contributed by atoms with E-state index >= 15 is 0 Å². The van der Waals surface area contributed by atoms with Crippen LogP contribution in [0.2, 0.25) is 0 Å². The first-order valence-electron chi connectivity index (χ1n) is 5.86. The van der Waals surface area contributed by atoms with Crippen molar-refractivity contribution < 1.29 is 4.79 Å². The summed E-state index contributed by atoms with van der Waals surface area (Å²) in [4.78, 5) is 15.0. The number of nitriles is 1. The molecule has 1 aromatic rings. The Balaban J connectivity index is 2.88. The Kier molecular flexibility index (Phi) is 5.17. The van der Waals surface area contributed by atoms with Gasteiger partial charge in [0.2, 0.25) is 0 Å². The van der Waals surface area contributed by atoms with E-state index in [9.17, 15) is 4.79 Å². The average Bonchev–Trinajstić information content (AvgIpc) is 2.76. The molecule has 4 heteroatoms. The Hall–Kier alpha value is -1.34. The van der Waals surface area contributed by atoms with E-state index in [0.717, 1.165) is 16.9 Å². The van der Waals surface area contributed by atoms with Gasteiger partial charge < -0.3 is 4.90 Å². The highest BCUT2D eigenvalue weighted by Gasteiger charge is 2.21. The number of carbonyl (C=O) groups excluding carboxylic acids is 1. The molecule has 0 bridgehead atoms. The summed E-state index contributed by atoms with van der Waals surface area (Å²) in [6.07, 6.45) is 1.26. The van der Waals surface area contributed by atoms with Crippen LogP contribution < -0.4 is 0 Å². The zero-order valence-corrected chi connectivity index (χ0v) is 11.4. The largest absolute Gasteiger partial charge is 0.334 e. The Labute approximate surface area is 107 Å². The number of rotatable bonds is 5. The van der Waals surface area contributed by atoms with Gasteiger partial charge in [0.1, 0.15) is 0 Å².